The second-order valence-corrected chi connectivity index (χ2v) is 8.28. The van der Waals surface area contributed by atoms with Gasteiger partial charge in [0.15, 0.2) is 9.84 Å². The molecule has 1 N–H and O–H groups in total. The minimum Gasteiger partial charge on any atom is -0.312 e. The highest BCUT2D eigenvalue weighted by molar-refractivity contribution is 9.10. The Labute approximate surface area is 115 Å². The van der Waals surface area contributed by atoms with Gasteiger partial charge < -0.3 is 5.32 Å². The maximum atomic E-state index is 12.1. The fourth-order valence-corrected chi connectivity index (χ4v) is 6.12. The highest BCUT2D eigenvalue weighted by atomic mass is 79.9. The summed E-state index contributed by atoms with van der Waals surface area (Å²) < 4.78 is 25.3. The summed E-state index contributed by atoms with van der Waals surface area (Å²) in [5.74, 6) is 0.331. The van der Waals surface area contributed by atoms with E-state index in [1.54, 1.807) is 11.3 Å². The maximum Gasteiger partial charge on any atom is 0.155 e. The van der Waals surface area contributed by atoms with Gasteiger partial charge in [-0.1, -0.05) is 6.42 Å². The molecule has 1 saturated heterocycles. The van der Waals surface area contributed by atoms with Crippen LogP contribution in [-0.4, -0.2) is 26.5 Å². The predicted octanol–water partition coefficient (Wildman–Crippen LogP) is 2.74. The Morgan fingerprint density at radius 2 is 2.24 bits per heavy atom. The van der Waals surface area contributed by atoms with E-state index in [0.717, 1.165) is 29.3 Å². The first kappa shape index (κ1) is 13.5. The minimum atomic E-state index is -2.96. The van der Waals surface area contributed by atoms with Crippen molar-refractivity contribution >= 4 is 37.1 Å². The smallest absolute Gasteiger partial charge is 0.155 e. The third-order valence-corrected chi connectivity index (χ3v) is 7.33. The van der Waals surface area contributed by atoms with Gasteiger partial charge in [0.25, 0.3) is 0 Å². The summed E-state index contributed by atoms with van der Waals surface area (Å²) in [5, 5.41) is 6.90. The van der Waals surface area contributed by atoms with Crippen molar-refractivity contribution < 1.29 is 8.42 Å². The second-order valence-electron chi connectivity index (χ2n) is 4.34. The van der Waals surface area contributed by atoms with Gasteiger partial charge in [-0.2, -0.15) is 11.3 Å². The molecule has 2 heterocycles. The van der Waals surface area contributed by atoms with Crippen molar-refractivity contribution in [1.29, 1.82) is 0 Å². The van der Waals surface area contributed by atoms with E-state index in [1.165, 1.54) is 0 Å². The first-order valence-corrected chi connectivity index (χ1v) is 9.12. The molecule has 1 aromatic heterocycles. The van der Waals surface area contributed by atoms with Gasteiger partial charge in [-0.15, -0.1) is 0 Å². The van der Waals surface area contributed by atoms with Crippen LogP contribution in [-0.2, 0) is 9.84 Å². The third kappa shape index (κ3) is 2.75. The first-order chi connectivity index (χ1) is 8.06. The lowest BCUT2D eigenvalue weighted by molar-refractivity contribution is 0.469. The number of thiophene rings is 1. The zero-order valence-corrected chi connectivity index (χ0v) is 12.9. The summed E-state index contributed by atoms with van der Waals surface area (Å²) in [6, 6.07) is -0.0964. The number of rotatable bonds is 3. The van der Waals surface area contributed by atoms with Crippen LogP contribution in [0.2, 0.25) is 0 Å². The highest BCUT2D eigenvalue weighted by Crippen LogP contribution is 2.35. The first-order valence-electron chi connectivity index (χ1n) is 5.66. The summed E-state index contributed by atoms with van der Waals surface area (Å²) in [5.41, 5.74) is 1.06. The lowest BCUT2D eigenvalue weighted by Gasteiger charge is -2.29. The van der Waals surface area contributed by atoms with E-state index >= 15 is 0 Å². The Hall–Kier alpha value is 0.0900. The molecule has 2 unspecified atom stereocenters. The van der Waals surface area contributed by atoms with Gasteiger partial charge in [-0.05, 0) is 46.8 Å². The van der Waals surface area contributed by atoms with Crippen LogP contribution in [0.25, 0.3) is 0 Å². The summed E-state index contributed by atoms with van der Waals surface area (Å²) in [7, 11) is -1.12. The van der Waals surface area contributed by atoms with Crippen LogP contribution in [0.3, 0.4) is 0 Å². The molecule has 1 aliphatic rings. The summed E-state index contributed by atoms with van der Waals surface area (Å²) in [4.78, 5) is 0. The Morgan fingerprint density at radius 3 is 2.76 bits per heavy atom. The Balaban J connectivity index is 2.33. The molecule has 0 amide bonds. The Morgan fingerprint density at radius 1 is 1.47 bits per heavy atom. The molecule has 6 heteroatoms. The number of hydrogen-bond donors (Lipinski definition) is 1. The molecule has 1 fully saturated rings. The van der Waals surface area contributed by atoms with E-state index in [2.05, 4.69) is 21.2 Å². The monoisotopic (exact) mass is 337 g/mol. The molecular weight excluding hydrogens is 322 g/mol. The van der Waals surface area contributed by atoms with Crippen molar-refractivity contribution in [2.45, 2.75) is 30.6 Å². The molecule has 2 rings (SSSR count). The highest BCUT2D eigenvalue weighted by Gasteiger charge is 2.36. The van der Waals surface area contributed by atoms with Gasteiger partial charge in [0, 0.05) is 9.85 Å². The zero-order chi connectivity index (χ0) is 12.5. The standard InChI is InChI=1S/C11H16BrNO2S2/c1-13-11(8-6-16-7-9(8)12)10-4-2-3-5-17(10,14)15/h6-7,10-11,13H,2-5H2,1H3. The van der Waals surface area contributed by atoms with Crippen molar-refractivity contribution in [1.82, 2.24) is 5.32 Å². The molecule has 3 nitrogen and oxygen atoms in total. The molecule has 0 spiro atoms. The molecule has 0 saturated carbocycles. The van der Waals surface area contributed by atoms with Crippen LogP contribution < -0.4 is 5.32 Å². The molecule has 2 atom stereocenters. The molecule has 0 aromatic carbocycles. The normalized spacial score (nSPS) is 25.6. The number of sulfone groups is 1. The quantitative estimate of drug-likeness (QED) is 0.922. The molecule has 1 aliphatic heterocycles. The summed E-state index contributed by atoms with van der Waals surface area (Å²) in [6.07, 6.45) is 2.57. The van der Waals surface area contributed by atoms with Gasteiger partial charge >= 0.3 is 0 Å². The van der Waals surface area contributed by atoms with Crippen LogP contribution in [0.5, 0.6) is 0 Å². The molecule has 0 aliphatic carbocycles. The summed E-state index contributed by atoms with van der Waals surface area (Å²) >= 11 is 5.08. The van der Waals surface area contributed by atoms with E-state index in [4.69, 9.17) is 0 Å². The van der Waals surface area contributed by atoms with E-state index in [1.807, 2.05) is 17.8 Å². The lowest BCUT2D eigenvalue weighted by Crippen LogP contribution is -2.39. The van der Waals surface area contributed by atoms with Crippen LogP contribution in [0.1, 0.15) is 30.9 Å². The molecular formula is C11H16BrNO2S2. The summed E-state index contributed by atoms with van der Waals surface area (Å²) in [6.45, 7) is 0. The van der Waals surface area contributed by atoms with Gasteiger partial charge in [0.05, 0.1) is 17.0 Å². The van der Waals surface area contributed by atoms with Crippen molar-refractivity contribution in [3.05, 3.63) is 20.8 Å². The molecule has 0 radical (unpaired) electrons. The van der Waals surface area contributed by atoms with Gasteiger partial charge in [0.1, 0.15) is 0 Å². The lowest BCUT2D eigenvalue weighted by atomic mass is 10.0. The third-order valence-electron chi connectivity index (χ3n) is 3.29. The Kier molecular flexibility index (Phi) is 4.28. The number of hydrogen-bond acceptors (Lipinski definition) is 4. The fourth-order valence-electron chi connectivity index (χ4n) is 2.41. The molecule has 1 aromatic rings. The molecule has 17 heavy (non-hydrogen) atoms. The average molecular weight is 338 g/mol. The van der Waals surface area contributed by atoms with Crippen LogP contribution in [0, 0.1) is 0 Å². The minimum absolute atomic E-state index is 0.0964. The van der Waals surface area contributed by atoms with Crippen LogP contribution in [0.15, 0.2) is 15.2 Å². The Bertz CT molecular complexity index is 483. The predicted molar refractivity (Wildman–Crippen MR) is 75.2 cm³/mol. The SMILES string of the molecule is CNC(c1cscc1Br)C1CCCCS1(=O)=O. The van der Waals surface area contributed by atoms with Crippen molar-refractivity contribution in [2.75, 3.05) is 12.8 Å². The van der Waals surface area contributed by atoms with Gasteiger partial charge in [0.2, 0.25) is 0 Å². The van der Waals surface area contributed by atoms with Crippen molar-refractivity contribution in [2.24, 2.45) is 0 Å². The van der Waals surface area contributed by atoms with Gasteiger partial charge in [-0.25, -0.2) is 8.42 Å². The van der Waals surface area contributed by atoms with Crippen molar-refractivity contribution in [3.8, 4) is 0 Å². The fraction of sp³-hybridized carbons (Fsp3) is 0.636. The van der Waals surface area contributed by atoms with Gasteiger partial charge in [-0.3, -0.25) is 0 Å². The zero-order valence-electron chi connectivity index (χ0n) is 9.65. The number of halogens is 1. The van der Waals surface area contributed by atoms with E-state index in [0.29, 0.717) is 5.75 Å². The number of nitrogens with one attached hydrogen (secondary N) is 1. The molecule has 0 bridgehead atoms. The average Bonchev–Trinajstić information content (AvgIpc) is 2.68. The van der Waals surface area contributed by atoms with Crippen molar-refractivity contribution in [3.63, 3.8) is 0 Å². The molecule has 96 valence electrons. The topological polar surface area (TPSA) is 46.2 Å². The van der Waals surface area contributed by atoms with Crippen LogP contribution >= 0.6 is 27.3 Å². The van der Waals surface area contributed by atoms with Crippen LogP contribution in [0.4, 0.5) is 0 Å². The van der Waals surface area contributed by atoms with E-state index < -0.39 is 9.84 Å². The maximum absolute atomic E-state index is 12.1. The largest absolute Gasteiger partial charge is 0.312 e. The van der Waals surface area contributed by atoms with E-state index in [-0.39, 0.29) is 11.3 Å². The van der Waals surface area contributed by atoms with E-state index in [9.17, 15) is 8.42 Å². The second kappa shape index (κ2) is 5.38.